The minimum absolute atomic E-state index is 0.289. The summed E-state index contributed by atoms with van der Waals surface area (Å²) in [6.07, 6.45) is 5.77. The standard InChI is InChI=1S/C13H16N4O2/c1-5-14-6-2-10(1)13-16-12(19-17-13)9-18-11-3-7-15-8-4-11/h1-2,5-6,11,15H,3-4,7-9H2. The van der Waals surface area contributed by atoms with E-state index in [0.29, 0.717) is 18.3 Å². The molecule has 6 heteroatoms. The average molecular weight is 260 g/mol. The summed E-state index contributed by atoms with van der Waals surface area (Å²) in [5, 5.41) is 7.25. The van der Waals surface area contributed by atoms with Crippen molar-refractivity contribution in [3.8, 4) is 11.4 Å². The quantitative estimate of drug-likeness (QED) is 0.895. The number of nitrogens with zero attached hydrogens (tertiary/aromatic N) is 3. The monoisotopic (exact) mass is 260 g/mol. The summed E-state index contributed by atoms with van der Waals surface area (Å²) in [5.74, 6) is 1.09. The summed E-state index contributed by atoms with van der Waals surface area (Å²) in [6.45, 7) is 2.40. The smallest absolute Gasteiger partial charge is 0.252 e. The number of hydrogen-bond donors (Lipinski definition) is 1. The van der Waals surface area contributed by atoms with Crippen LogP contribution in [-0.2, 0) is 11.3 Å². The van der Waals surface area contributed by atoms with Crippen molar-refractivity contribution in [2.45, 2.75) is 25.6 Å². The van der Waals surface area contributed by atoms with Crippen molar-refractivity contribution in [1.29, 1.82) is 0 Å². The molecule has 0 radical (unpaired) electrons. The van der Waals surface area contributed by atoms with Crippen molar-refractivity contribution < 1.29 is 9.26 Å². The molecular formula is C13H16N4O2. The van der Waals surface area contributed by atoms with E-state index < -0.39 is 0 Å². The lowest BCUT2D eigenvalue weighted by Gasteiger charge is -2.21. The fraction of sp³-hybridized carbons (Fsp3) is 0.462. The molecule has 2 aromatic rings. The van der Waals surface area contributed by atoms with Crippen LogP contribution in [0.3, 0.4) is 0 Å². The first-order valence-electron chi connectivity index (χ1n) is 6.47. The highest BCUT2D eigenvalue weighted by Gasteiger charge is 2.15. The Balaban J connectivity index is 1.59. The number of rotatable bonds is 4. The fourth-order valence-electron chi connectivity index (χ4n) is 2.08. The van der Waals surface area contributed by atoms with Crippen molar-refractivity contribution >= 4 is 0 Å². The van der Waals surface area contributed by atoms with E-state index in [9.17, 15) is 0 Å². The second-order valence-electron chi connectivity index (χ2n) is 4.51. The van der Waals surface area contributed by atoms with E-state index in [1.54, 1.807) is 12.4 Å². The Morgan fingerprint density at radius 3 is 2.84 bits per heavy atom. The largest absolute Gasteiger partial charge is 0.368 e. The number of pyridine rings is 1. The van der Waals surface area contributed by atoms with Gasteiger partial charge in [-0.25, -0.2) is 0 Å². The van der Waals surface area contributed by atoms with Gasteiger partial charge in [-0.1, -0.05) is 5.16 Å². The van der Waals surface area contributed by atoms with Crippen LogP contribution in [0.4, 0.5) is 0 Å². The molecular weight excluding hydrogens is 244 g/mol. The summed E-state index contributed by atoms with van der Waals surface area (Å²) in [4.78, 5) is 8.28. The Morgan fingerprint density at radius 2 is 2.05 bits per heavy atom. The molecule has 0 bridgehead atoms. The average Bonchev–Trinajstić information content (AvgIpc) is 2.96. The molecule has 3 heterocycles. The first-order valence-corrected chi connectivity index (χ1v) is 6.47. The Kier molecular flexibility index (Phi) is 3.81. The third-order valence-corrected chi connectivity index (χ3v) is 3.14. The zero-order valence-electron chi connectivity index (χ0n) is 10.6. The molecule has 100 valence electrons. The molecule has 0 saturated carbocycles. The van der Waals surface area contributed by atoms with Gasteiger partial charge < -0.3 is 14.6 Å². The molecule has 1 fully saturated rings. The third kappa shape index (κ3) is 3.15. The van der Waals surface area contributed by atoms with E-state index >= 15 is 0 Å². The van der Waals surface area contributed by atoms with Gasteiger partial charge in [-0.15, -0.1) is 0 Å². The second kappa shape index (κ2) is 5.90. The molecule has 6 nitrogen and oxygen atoms in total. The normalized spacial score (nSPS) is 16.6. The highest BCUT2D eigenvalue weighted by atomic mass is 16.5. The molecule has 0 amide bonds. The molecule has 1 aliphatic rings. The van der Waals surface area contributed by atoms with Gasteiger partial charge in [-0.05, 0) is 38.1 Å². The molecule has 19 heavy (non-hydrogen) atoms. The Labute approximate surface area is 111 Å². The zero-order valence-corrected chi connectivity index (χ0v) is 10.6. The van der Waals surface area contributed by atoms with Gasteiger partial charge in [-0.2, -0.15) is 4.98 Å². The number of ether oxygens (including phenoxy) is 1. The molecule has 0 spiro atoms. The molecule has 2 aromatic heterocycles. The lowest BCUT2D eigenvalue weighted by Crippen LogP contribution is -2.32. The van der Waals surface area contributed by atoms with Gasteiger partial charge in [0.2, 0.25) is 5.82 Å². The van der Waals surface area contributed by atoms with Crippen LogP contribution in [0.15, 0.2) is 29.0 Å². The lowest BCUT2D eigenvalue weighted by atomic mass is 10.1. The second-order valence-corrected chi connectivity index (χ2v) is 4.51. The van der Waals surface area contributed by atoms with Crippen LogP contribution in [0, 0.1) is 0 Å². The molecule has 0 unspecified atom stereocenters. The van der Waals surface area contributed by atoms with Gasteiger partial charge in [0.15, 0.2) is 0 Å². The minimum atomic E-state index is 0.289. The number of hydrogen-bond acceptors (Lipinski definition) is 6. The first kappa shape index (κ1) is 12.3. The van der Waals surface area contributed by atoms with E-state index in [1.807, 2.05) is 12.1 Å². The molecule has 0 atom stereocenters. The van der Waals surface area contributed by atoms with Crippen LogP contribution < -0.4 is 5.32 Å². The van der Waals surface area contributed by atoms with Gasteiger partial charge in [0.1, 0.15) is 6.61 Å². The predicted octanol–water partition coefficient (Wildman–Crippen LogP) is 1.40. The van der Waals surface area contributed by atoms with Gasteiger partial charge in [0, 0.05) is 18.0 Å². The first-order chi connectivity index (χ1) is 9.42. The van der Waals surface area contributed by atoms with Crippen molar-refractivity contribution in [1.82, 2.24) is 20.4 Å². The minimum Gasteiger partial charge on any atom is -0.368 e. The lowest BCUT2D eigenvalue weighted by molar-refractivity contribution is 0.00859. The SMILES string of the molecule is c1cc(-c2noc(COC3CCNCC3)n2)ccn1. The summed E-state index contributed by atoms with van der Waals surface area (Å²) in [6, 6.07) is 3.70. The Bertz CT molecular complexity index is 508. The van der Waals surface area contributed by atoms with E-state index in [2.05, 4.69) is 20.4 Å². The van der Waals surface area contributed by atoms with Gasteiger partial charge in [-0.3, -0.25) is 4.98 Å². The maximum atomic E-state index is 5.77. The maximum Gasteiger partial charge on any atom is 0.252 e. The summed E-state index contributed by atoms with van der Waals surface area (Å²) in [7, 11) is 0. The molecule has 0 aliphatic carbocycles. The predicted molar refractivity (Wildman–Crippen MR) is 68.2 cm³/mol. The van der Waals surface area contributed by atoms with Crippen LogP contribution in [0.1, 0.15) is 18.7 Å². The summed E-state index contributed by atoms with van der Waals surface area (Å²) >= 11 is 0. The number of aromatic nitrogens is 3. The topological polar surface area (TPSA) is 73.1 Å². The zero-order chi connectivity index (χ0) is 12.9. The summed E-state index contributed by atoms with van der Waals surface area (Å²) in [5.41, 5.74) is 0.895. The van der Waals surface area contributed by atoms with E-state index in [-0.39, 0.29) is 6.10 Å². The van der Waals surface area contributed by atoms with Crippen molar-refractivity contribution in [2.75, 3.05) is 13.1 Å². The summed E-state index contributed by atoms with van der Waals surface area (Å²) < 4.78 is 11.0. The maximum absolute atomic E-state index is 5.77. The highest BCUT2D eigenvalue weighted by molar-refractivity contribution is 5.52. The van der Waals surface area contributed by atoms with E-state index in [4.69, 9.17) is 9.26 Å². The van der Waals surface area contributed by atoms with E-state index in [1.165, 1.54) is 0 Å². The van der Waals surface area contributed by atoms with Gasteiger partial charge in [0.05, 0.1) is 6.10 Å². The van der Waals surface area contributed by atoms with Crippen molar-refractivity contribution in [3.05, 3.63) is 30.4 Å². The van der Waals surface area contributed by atoms with Gasteiger partial charge in [0.25, 0.3) is 5.89 Å². The molecule has 1 aliphatic heterocycles. The van der Waals surface area contributed by atoms with Crippen LogP contribution >= 0.6 is 0 Å². The molecule has 0 aromatic carbocycles. The fourth-order valence-corrected chi connectivity index (χ4v) is 2.08. The van der Waals surface area contributed by atoms with Crippen LogP contribution in [0.2, 0.25) is 0 Å². The number of nitrogens with one attached hydrogen (secondary N) is 1. The van der Waals surface area contributed by atoms with Crippen LogP contribution in [0.5, 0.6) is 0 Å². The Hall–Kier alpha value is -1.79. The van der Waals surface area contributed by atoms with Crippen LogP contribution in [0.25, 0.3) is 11.4 Å². The molecule has 1 saturated heterocycles. The highest BCUT2D eigenvalue weighted by Crippen LogP contribution is 2.15. The van der Waals surface area contributed by atoms with Gasteiger partial charge >= 0.3 is 0 Å². The molecule has 3 rings (SSSR count). The Morgan fingerprint density at radius 1 is 1.26 bits per heavy atom. The number of piperidine rings is 1. The molecule has 1 N–H and O–H groups in total. The van der Waals surface area contributed by atoms with Crippen LogP contribution in [-0.4, -0.2) is 34.3 Å². The van der Waals surface area contributed by atoms with Crippen molar-refractivity contribution in [3.63, 3.8) is 0 Å². The van der Waals surface area contributed by atoms with E-state index in [0.717, 1.165) is 31.5 Å². The van der Waals surface area contributed by atoms with Crippen molar-refractivity contribution in [2.24, 2.45) is 0 Å². The third-order valence-electron chi connectivity index (χ3n) is 3.14.